The van der Waals surface area contributed by atoms with Gasteiger partial charge in [-0.15, -0.1) is 0 Å². The average Bonchev–Trinajstić information content (AvgIpc) is 3.03. The molecule has 100 valence electrons. The van der Waals surface area contributed by atoms with Crippen molar-refractivity contribution in [1.29, 1.82) is 5.26 Å². The topological polar surface area (TPSA) is 62.7 Å². The Bertz CT molecular complexity index is 796. The average molecular weight is 273 g/mol. The van der Waals surface area contributed by atoms with E-state index in [2.05, 4.69) is 9.97 Å². The third-order valence-electron chi connectivity index (χ3n) is 2.88. The van der Waals surface area contributed by atoms with Crippen LogP contribution in [0.1, 0.15) is 17.0 Å². The summed E-state index contributed by atoms with van der Waals surface area (Å²) in [6.07, 6.45) is 6.79. The van der Waals surface area contributed by atoms with Gasteiger partial charge >= 0.3 is 0 Å². The highest BCUT2D eigenvalue weighted by molar-refractivity contribution is 5.67. The van der Waals surface area contributed by atoms with Crippen LogP contribution in [-0.2, 0) is 0 Å². The number of rotatable bonds is 3. The standard InChI is InChI=1S/C17H11N3O/c18-10-13-6-7-15(19-11-13)8-9-16-12-21-17(20-16)14-4-2-1-3-5-14/h1-9,11-12H. The second kappa shape index (κ2) is 5.85. The van der Waals surface area contributed by atoms with Crippen molar-refractivity contribution in [2.75, 3.05) is 0 Å². The third kappa shape index (κ3) is 3.04. The molecule has 0 saturated heterocycles. The van der Waals surface area contributed by atoms with E-state index in [-0.39, 0.29) is 0 Å². The summed E-state index contributed by atoms with van der Waals surface area (Å²) in [5.74, 6) is 0.586. The minimum Gasteiger partial charge on any atom is -0.444 e. The fourth-order valence-corrected chi connectivity index (χ4v) is 1.82. The van der Waals surface area contributed by atoms with Gasteiger partial charge in [0.05, 0.1) is 11.3 Å². The highest BCUT2D eigenvalue weighted by Gasteiger charge is 2.03. The van der Waals surface area contributed by atoms with Crippen LogP contribution in [-0.4, -0.2) is 9.97 Å². The molecule has 1 aromatic carbocycles. The molecule has 4 nitrogen and oxygen atoms in total. The van der Waals surface area contributed by atoms with E-state index in [4.69, 9.17) is 9.68 Å². The van der Waals surface area contributed by atoms with Crippen molar-refractivity contribution >= 4 is 12.2 Å². The van der Waals surface area contributed by atoms with Gasteiger partial charge in [0.25, 0.3) is 0 Å². The Balaban J connectivity index is 1.78. The van der Waals surface area contributed by atoms with E-state index in [9.17, 15) is 0 Å². The second-order valence-corrected chi connectivity index (χ2v) is 4.36. The first kappa shape index (κ1) is 12.8. The molecule has 0 bridgehead atoms. The molecule has 0 aliphatic rings. The number of aromatic nitrogens is 2. The molecule has 0 spiro atoms. The molecule has 0 unspecified atom stereocenters. The van der Waals surface area contributed by atoms with Gasteiger partial charge in [0, 0.05) is 11.8 Å². The van der Waals surface area contributed by atoms with Crippen LogP contribution >= 0.6 is 0 Å². The van der Waals surface area contributed by atoms with Crippen LogP contribution < -0.4 is 0 Å². The summed E-state index contributed by atoms with van der Waals surface area (Å²) in [5, 5.41) is 8.72. The largest absolute Gasteiger partial charge is 0.444 e. The van der Waals surface area contributed by atoms with Gasteiger partial charge in [-0.2, -0.15) is 5.26 Å². The van der Waals surface area contributed by atoms with Crippen LogP contribution in [0.2, 0.25) is 0 Å². The molecule has 3 rings (SSSR count). The summed E-state index contributed by atoms with van der Waals surface area (Å²) in [4.78, 5) is 8.56. The summed E-state index contributed by atoms with van der Waals surface area (Å²) >= 11 is 0. The Morgan fingerprint density at radius 3 is 2.52 bits per heavy atom. The predicted molar refractivity (Wildman–Crippen MR) is 79.8 cm³/mol. The molecule has 21 heavy (non-hydrogen) atoms. The van der Waals surface area contributed by atoms with E-state index in [0.29, 0.717) is 11.5 Å². The minimum atomic E-state index is 0.542. The molecule has 2 aromatic heterocycles. The Morgan fingerprint density at radius 2 is 1.81 bits per heavy atom. The number of hydrogen-bond donors (Lipinski definition) is 0. The van der Waals surface area contributed by atoms with E-state index >= 15 is 0 Å². The summed E-state index contributed by atoms with van der Waals surface area (Å²) in [6.45, 7) is 0. The molecule has 0 amide bonds. The fraction of sp³-hybridized carbons (Fsp3) is 0. The smallest absolute Gasteiger partial charge is 0.226 e. The van der Waals surface area contributed by atoms with Gasteiger partial charge in [-0.3, -0.25) is 4.98 Å². The Morgan fingerprint density at radius 1 is 1.00 bits per heavy atom. The molecule has 0 atom stereocenters. The molecule has 0 N–H and O–H groups in total. The van der Waals surface area contributed by atoms with Gasteiger partial charge in [0.2, 0.25) is 5.89 Å². The van der Waals surface area contributed by atoms with Crippen molar-refractivity contribution < 1.29 is 4.42 Å². The maximum Gasteiger partial charge on any atom is 0.226 e. The van der Waals surface area contributed by atoms with E-state index in [0.717, 1.165) is 17.0 Å². The molecule has 0 saturated carbocycles. The fourth-order valence-electron chi connectivity index (χ4n) is 1.82. The lowest BCUT2D eigenvalue weighted by Gasteiger charge is -1.92. The van der Waals surface area contributed by atoms with Gasteiger partial charge in [-0.25, -0.2) is 4.98 Å². The molecule has 0 fully saturated rings. The normalized spacial score (nSPS) is 10.6. The molecule has 3 aromatic rings. The maximum atomic E-state index is 8.72. The molecule has 0 aliphatic carbocycles. The van der Waals surface area contributed by atoms with Crippen molar-refractivity contribution in [3.8, 4) is 17.5 Å². The molecule has 2 heterocycles. The number of benzene rings is 1. The zero-order chi connectivity index (χ0) is 14.5. The summed E-state index contributed by atoms with van der Waals surface area (Å²) in [6, 6.07) is 15.3. The van der Waals surface area contributed by atoms with Crippen LogP contribution in [0, 0.1) is 11.3 Å². The van der Waals surface area contributed by atoms with Crippen LogP contribution in [0.25, 0.3) is 23.6 Å². The van der Waals surface area contributed by atoms with Crippen molar-refractivity contribution in [3.05, 3.63) is 71.9 Å². The van der Waals surface area contributed by atoms with Gasteiger partial charge in [-0.1, -0.05) is 18.2 Å². The van der Waals surface area contributed by atoms with Gasteiger partial charge < -0.3 is 4.42 Å². The lowest BCUT2D eigenvalue weighted by molar-refractivity contribution is 0.574. The van der Waals surface area contributed by atoms with Crippen LogP contribution in [0.3, 0.4) is 0 Å². The van der Waals surface area contributed by atoms with Gasteiger partial charge in [0.15, 0.2) is 0 Å². The van der Waals surface area contributed by atoms with Crippen molar-refractivity contribution in [3.63, 3.8) is 0 Å². The van der Waals surface area contributed by atoms with Gasteiger partial charge in [-0.05, 0) is 36.4 Å². The molecule has 4 heteroatoms. The first-order valence-corrected chi connectivity index (χ1v) is 6.40. The van der Waals surface area contributed by atoms with E-state index in [1.807, 2.05) is 48.6 Å². The van der Waals surface area contributed by atoms with Crippen molar-refractivity contribution in [1.82, 2.24) is 9.97 Å². The SMILES string of the molecule is N#Cc1ccc(C=Cc2coc(-c3ccccc3)n2)nc1. The zero-order valence-electron chi connectivity index (χ0n) is 11.1. The van der Waals surface area contributed by atoms with Crippen molar-refractivity contribution in [2.45, 2.75) is 0 Å². The Labute approximate surface area is 122 Å². The quantitative estimate of drug-likeness (QED) is 0.728. The highest BCUT2D eigenvalue weighted by atomic mass is 16.3. The Hall–Kier alpha value is -3.19. The number of hydrogen-bond acceptors (Lipinski definition) is 4. The summed E-state index contributed by atoms with van der Waals surface area (Å²) in [7, 11) is 0. The van der Waals surface area contributed by atoms with Crippen molar-refractivity contribution in [2.24, 2.45) is 0 Å². The highest BCUT2D eigenvalue weighted by Crippen LogP contribution is 2.18. The zero-order valence-corrected chi connectivity index (χ0v) is 11.1. The van der Waals surface area contributed by atoms with Crippen LogP contribution in [0.5, 0.6) is 0 Å². The lowest BCUT2D eigenvalue weighted by atomic mass is 10.2. The number of nitriles is 1. The molecular formula is C17H11N3O. The molecule has 0 aliphatic heterocycles. The molecular weight excluding hydrogens is 262 g/mol. The summed E-state index contributed by atoms with van der Waals surface area (Å²) in [5.41, 5.74) is 2.96. The lowest BCUT2D eigenvalue weighted by Crippen LogP contribution is -1.82. The monoisotopic (exact) mass is 273 g/mol. The maximum absolute atomic E-state index is 8.72. The van der Waals surface area contributed by atoms with Crippen LogP contribution in [0.4, 0.5) is 0 Å². The van der Waals surface area contributed by atoms with E-state index < -0.39 is 0 Å². The van der Waals surface area contributed by atoms with E-state index in [1.165, 1.54) is 6.20 Å². The third-order valence-corrected chi connectivity index (χ3v) is 2.88. The number of pyridine rings is 1. The number of nitrogens with zero attached hydrogens (tertiary/aromatic N) is 3. The minimum absolute atomic E-state index is 0.542. The second-order valence-electron chi connectivity index (χ2n) is 4.36. The van der Waals surface area contributed by atoms with Crippen LogP contribution in [0.15, 0.2) is 59.3 Å². The first-order valence-electron chi connectivity index (χ1n) is 6.40. The van der Waals surface area contributed by atoms with Gasteiger partial charge in [0.1, 0.15) is 18.0 Å². The molecule has 0 radical (unpaired) electrons. The Kier molecular flexibility index (Phi) is 3.57. The van der Waals surface area contributed by atoms with E-state index in [1.54, 1.807) is 18.4 Å². The summed E-state index contributed by atoms with van der Waals surface area (Å²) < 4.78 is 5.45. The number of oxazole rings is 1. The predicted octanol–water partition coefficient (Wildman–Crippen LogP) is 3.78. The first-order chi connectivity index (χ1) is 10.3.